The van der Waals surface area contributed by atoms with E-state index >= 15 is 0 Å². The molecule has 0 fully saturated rings. The topological polar surface area (TPSA) is 24.1 Å². The minimum atomic E-state index is 0.157. The normalized spacial score (nSPS) is 12.6. The van der Waals surface area contributed by atoms with E-state index < -0.39 is 0 Å². The van der Waals surface area contributed by atoms with Gasteiger partial charge in [0.1, 0.15) is 0 Å². The largest absolute Gasteiger partial charge is 0.356 e. The van der Waals surface area contributed by atoms with Crippen molar-refractivity contribution in [3.63, 3.8) is 0 Å². The summed E-state index contributed by atoms with van der Waals surface area (Å²) in [7, 11) is 0. The molecule has 24 heavy (non-hydrogen) atoms. The number of aryl methyl sites for hydroxylation is 2. The lowest BCUT2D eigenvalue weighted by molar-refractivity contribution is 0.589. The molecule has 1 unspecified atom stereocenters. The van der Waals surface area contributed by atoms with Crippen LogP contribution in [-0.4, -0.2) is 5.11 Å². The van der Waals surface area contributed by atoms with Crippen LogP contribution in [0.1, 0.15) is 56.0 Å². The molecule has 0 bridgehead atoms. The Bertz CT molecular complexity index is 691. The predicted octanol–water partition coefficient (Wildman–Crippen LogP) is 5.65. The number of nitrogens with one attached hydrogen (secondary N) is 2. The van der Waals surface area contributed by atoms with E-state index in [0.29, 0.717) is 5.11 Å². The average Bonchev–Trinajstić information content (AvgIpc) is 2.45. The van der Waals surface area contributed by atoms with Gasteiger partial charge in [0.25, 0.3) is 0 Å². The number of thiocarbonyl (C=S) groups is 1. The standard InChI is InChI=1S/C21H28N2S/c1-14-11-15(2)13-19(12-14)23-20(24)22-16(3)17-7-9-18(10-8-17)21(4,5)6/h7-13,16H,1-6H3,(H2,22,23,24). The number of rotatable bonds is 3. The quantitative estimate of drug-likeness (QED) is 0.706. The second-order valence-electron chi connectivity index (χ2n) is 7.57. The average molecular weight is 341 g/mol. The maximum absolute atomic E-state index is 5.46. The molecule has 2 aromatic carbocycles. The van der Waals surface area contributed by atoms with Gasteiger partial charge < -0.3 is 10.6 Å². The van der Waals surface area contributed by atoms with Gasteiger partial charge in [-0.15, -0.1) is 0 Å². The van der Waals surface area contributed by atoms with Crippen LogP contribution in [0.4, 0.5) is 5.69 Å². The van der Waals surface area contributed by atoms with E-state index in [1.165, 1.54) is 22.3 Å². The molecular weight excluding hydrogens is 312 g/mol. The summed E-state index contributed by atoms with van der Waals surface area (Å²) in [6.45, 7) is 13.0. The van der Waals surface area contributed by atoms with Crippen molar-refractivity contribution >= 4 is 23.0 Å². The van der Waals surface area contributed by atoms with E-state index in [1.54, 1.807) is 0 Å². The summed E-state index contributed by atoms with van der Waals surface area (Å²) in [5.74, 6) is 0. The molecule has 128 valence electrons. The van der Waals surface area contributed by atoms with Crippen LogP contribution in [0.3, 0.4) is 0 Å². The maximum atomic E-state index is 5.46. The van der Waals surface area contributed by atoms with Gasteiger partial charge in [-0.2, -0.15) is 0 Å². The van der Waals surface area contributed by atoms with Crippen molar-refractivity contribution in [2.24, 2.45) is 0 Å². The molecule has 1 atom stereocenters. The summed E-state index contributed by atoms with van der Waals surface area (Å²) in [6.07, 6.45) is 0. The molecule has 0 heterocycles. The molecule has 3 heteroatoms. The Hall–Kier alpha value is -1.87. The van der Waals surface area contributed by atoms with Crippen LogP contribution in [0.2, 0.25) is 0 Å². The van der Waals surface area contributed by atoms with E-state index in [0.717, 1.165) is 5.69 Å². The van der Waals surface area contributed by atoms with Crippen molar-refractivity contribution in [3.8, 4) is 0 Å². The van der Waals surface area contributed by atoms with Crippen molar-refractivity contribution in [1.82, 2.24) is 5.32 Å². The third kappa shape index (κ3) is 5.07. The first-order chi connectivity index (χ1) is 11.1. The first-order valence-corrected chi connectivity index (χ1v) is 8.82. The number of hydrogen-bond donors (Lipinski definition) is 2. The Balaban J connectivity index is 2.00. The molecule has 0 radical (unpaired) electrons. The zero-order valence-corrected chi connectivity index (χ0v) is 16.3. The van der Waals surface area contributed by atoms with Crippen LogP contribution in [0.15, 0.2) is 42.5 Å². The fourth-order valence-electron chi connectivity index (χ4n) is 2.77. The third-order valence-corrected chi connectivity index (χ3v) is 4.32. The molecule has 0 saturated carbocycles. The van der Waals surface area contributed by atoms with Crippen LogP contribution in [-0.2, 0) is 5.41 Å². The highest BCUT2D eigenvalue weighted by Crippen LogP contribution is 2.24. The summed E-state index contributed by atoms with van der Waals surface area (Å²) < 4.78 is 0. The molecule has 0 amide bonds. The Morgan fingerprint density at radius 1 is 0.958 bits per heavy atom. The first kappa shape index (κ1) is 18.5. The van der Waals surface area contributed by atoms with E-state index in [1.807, 2.05) is 0 Å². The van der Waals surface area contributed by atoms with E-state index in [4.69, 9.17) is 12.2 Å². The summed E-state index contributed by atoms with van der Waals surface area (Å²) >= 11 is 5.46. The van der Waals surface area contributed by atoms with Gasteiger partial charge in [-0.1, -0.05) is 51.1 Å². The number of anilines is 1. The highest BCUT2D eigenvalue weighted by Gasteiger charge is 2.14. The SMILES string of the molecule is Cc1cc(C)cc(NC(=S)NC(C)c2ccc(C(C)(C)C)cc2)c1. The highest BCUT2D eigenvalue weighted by atomic mass is 32.1. The van der Waals surface area contributed by atoms with Crippen molar-refractivity contribution in [2.75, 3.05) is 5.32 Å². The van der Waals surface area contributed by atoms with Gasteiger partial charge in [-0.05, 0) is 72.8 Å². The Labute approximate surface area is 151 Å². The molecule has 0 aliphatic rings. The predicted molar refractivity (Wildman–Crippen MR) is 109 cm³/mol. The van der Waals surface area contributed by atoms with E-state index in [-0.39, 0.29) is 11.5 Å². The van der Waals surface area contributed by atoms with Gasteiger partial charge in [0.05, 0.1) is 6.04 Å². The van der Waals surface area contributed by atoms with Gasteiger partial charge in [0.15, 0.2) is 5.11 Å². The number of benzene rings is 2. The van der Waals surface area contributed by atoms with Crippen molar-refractivity contribution in [3.05, 3.63) is 64.7 Å². The van der Waals surface area contributed by atoms with Gasteiger partial charge in [0, 0.05) is 5.69 Å². The summed E-state index contributed by atoms with van der Waals surface area (Å²) in [5, 5.41) is 7.29. The van der Waals surface area contributed by atoms with Gasteiger partial charge >= 0.3 is 0 Å². The molecule has 0 aromatic heterocycles. The van der Waals surface area contributed by atoms with Crippen molar-refractivity contribution in [2.45, 2.75) is 53.0 Å². The van der Waals surface area contributed by atoms with Crippen LogP contribution >= 0.6 is 12.2 Å². The van der Waals surface area contributed by atoms with E-state index in [2.05, 4.69) is 94.6 Å². The van der Waals surface area contributed by atoms with Crippen molar-refractivity contribution < 1.29 is 0 Å². The molecular formula is C21H28N2S. The second kappa shape index (κ2) is 7.35. The summed E-state index contributed by atoms with van der Waals surface area (Å²) in [6, 6.07) is 15.3. The maximum Gasteiger partial charge on any atom is 0.171 e. The molecule has 0 saturated heterocycles. The molecule has 2 N–H and O–H groups in total. The molecule has 0 aliphatic carbocycles. The van der Waals surface area contributed by atoms with E-state index in [9.17, 15) is 0 Å². The fraction of sp³-hybridized carbons (Fsp3) is 0.381. The monoisotopic (exact) mass is 340 g/mol. The lowest BCUT2D eigenvalue weighted by Gasteiger charge is -2.21. The van der Waals surface area contributed by atoms with Crippen LogP contribution < -0.4 is 10.6 Å². The Morgan fingerprint density at radius 3 is 2.00 bits per heavy atom. The molecule has 0 spiro atoms. The van der Waals surface area contributed by atoms with Gasteiger partial charge in [0.2, 0.25) is 0 Å². The Morgan fingerprint density at radius 2 is 1.50 bits per heavy atom. The lowest BCUT2D eigenvalue weighted by Crippen LogP contribution is -2.31. The molecule has 2 rings (SSSR count). The molecule has 2 aromatic rings. The second-order valence-corrected chi connectivity index (χ2v) is 7.98. The highest BCUT2D eigenvalue weighted by molar-refractivity contribution is 7.80. The smallest absolute Gasteiger partial charge is 0.171 e. The Kier molecular flexibility index (Phi) is 5.66. The van der Waals surface area contributed by atoms with Crippen LogP contribution in [0, 0.1) is 13.8 Å². The van der Waals surface area contributed by atoms with Gasteiger partial charge in [-0.3, -0.25) is 0 Å². The van der Waals surface area contributed by atoms with Crippen LogP contribution in [0.25, 0.3) is 0 Å². The van der Waals surface area contributed by atoms with Gasteiger partial charge in [-0.25, -0.2) is 0 Å². The fourth-order valence-corrected chi connectivity index (χ4v) is 3.06. The zero-order chi connectivity index (χ0) is 17.9. The third-order valence-electron chi connectivity index (χ3n) is 4.10. The first-order valence-electron chi connectivity index (χ1n) is 8.41. The molecule has 0 aliphatic heterocycles. The summed E-state index contributed by atoms with van der Waals surface area (Å²) in [5.41, 5.74) is 6.23. The van der Waals surface area contributed by atoms with Crippen LogP contribution in [0.5, 0.6) is 0 Å². The minimum absolute atomic E-state index is 0.157. The lowest BCUT2D eigenvalue weighted by atomic mass is 9.86. The zero-order valence-electron chi connectivity index (χ0n) is 15.5. The molecule has 2 nitrogen and oxygen atoms in total. The minimum Gasteiger partial charge on any atom is -0.356 e. The summed E-state index contributed by atoms with van der Waals surface area (Å²) in [4.78, 5) is 0. The number of hydrogen-bond acceptors (Lipinski definition) is 1. The van der Waals surface area contributed by atoms with Crippen molar-refractivity contribution in [1.29, 1.82) is 0 Å².